The Morgan fingerprint density at radius 2 is 2.06 bits per heavy atom. The van der Waals surface area contributed by atoms with E-state index in [4.69, 9.17) is 16.7 Å². The van der Waals surface area contributed by atoms with Crippen LogP contribution < -0.4 is 0 Å². The summed E-state index contributed by atoms with van der Waals surface area (Å²) in [5.41, 5.74) is 0.283. The predicted molar refractivity (Wildman–Crippen MR) is 64.8 cm³/mol. The first-order chi connectivity index (χ1) is 8.49. The van der Waals surface area contributed by atoms with Gasteiger partial charge in [-0.25, -0.2) is 0 Å². The summed E-state index contributed by atoms with van der Waals surface area (Å²) in [6.07, 6.45) is 1.65. The molecule has 6 heteroatoms. The number of phenols is 1. The van der Waals surface area contributed by atoms with Gasteiger partial charge in [-0.1, -0.05) is 11.6 Å². The number of carbonyl (C=O) groups excluding carboxylic acids is 1. The van der Waals surface area contributed by atoms with Crippen molar-refractivity contribution in [3.8, 4) is 5.75 Å². The second kappa shape index (κ2) is 4.86. The third-order valence-electron chi connectivity index (χ3n) is 2.75. The number of carboxylic acids is 1. The molecule has 0 atom stereocenters. The van der Waals surface area contributed by atoms with Crippen LogP contribution in [0.15, 0.2) is 18.2 Å². The van der Waals surface area contributed by atoms with E-state index in [9.17, 15) is 14.7 Å². The summed E-state index contributed by atoms with van der Waals surface area (Å²) < 4.78 is 0. The number of hydrogen-bond donors (Lipinski definition) is 2. The molecule has 1 aliphatic carbocycles. The smallest absolute Gasteiger partial charge is 0.323 e. The molecule has 5 nitrogen and oxygen atoms in total. The molecular formula is C12H12ClNO4. The highest BCUT2D eigenvalue weighted by Crippen LogP contribution is 2.30. The van der Waals surface area contributed by atoms with Crippen molar-refractivity contribution in [2.75, 3.05) is 6.54 Å². The maximum absolute atomic E-state index is 12.1. The number of amides is 1. The molecule has 2 N–H and O–H groups in total. The number of rotatable bonds is 4. The summed E-state index contributed by atoms with van der Waals surface area (Å²) in [5, 5.41) is 18.2. The molecule has 0 spiro atoms. The van der Waals surface area contributed by atoms with Crippen molar-refractivity contribution in [2.24, 2.45) is 0 Å². The Bertz CT molecular complexity index is 499. The van der Waals surface area contributed by atoms with Gasteiger partial charge in [0.2, 0.25) is 0 Å². The maximum Gasteiger partial charge on any atom is 0.323 e. The third kappa shape index (κ3) is 2.73. The largest absolute Gasteiger partial charge is 0.506 e. The molecule has 0 bridgehead atoms. The van der Waals surface area contributed by atoms with Crippen LogP contribution in [0.3, 0.4) is 0 Å². The highest BCUT2D eigenvalue weighted by Gasteiger charge is 2.34. The lowest BCUT2D eigenvalue weighted by Gasteiger charge is -2.20. The summed E-state index contributed by atoms with van der Waals surface area (Å²) in [6, 6.07) is 4.10. The first kappa shape index (κ1) is 12.7. The highest BCUT2D eigenvalue weighted by molar-refractivity contribution is 6.32. The van der Waals surface area contributed by atoms with Crippen molar-refractivity contribution in [1.29, 1.82) is 0 Å². The molecule has 0 aliphatic heterocycles. The first-order valence-electron chi connectivity index (χ1n) is 5.50. The quantitative estimate of drug-likeness (QED) is 0.873. The molecule has 1 aromatic rings. The zero-order chi connectivity index (χ0) is 13.3. The molecule has 0 saturated heterocycles. The molecule has 0 radical (unpaired) electrons. The van der Waals surface area contributed by atoms with Crippen LogP contribution in [0, 0.1) is 0 Å². The fourth-order valence-electron chi connectivity index (χ4n) is 1.70. The second-order valence-electron chi connectivity index (χ2n) is 4.22. The van der Waals surface area contributed by atoms with E-state index in [0.29, 0.717) is 0 Å². The summed E-state index contributed by atoms with van der Waals surface area (Å²) in [4.78, 5) is 24.2. The Labute approximate surface area is 109 Å². The molecule has 1 saturated carbocycles. The standard InChI is InChI=1S/C12H12ClNO4/c13-9-5-7(1-4-10(9)15)12(18)14(6-11(16)17)8-2-3-8/h1,4-5,8,15H,2-3,6H2,(H,16,17). The first-order valence-corrected chi connectivity index (χ1v) is 5.88. The zero-order valence-electron chi connectivity index (χ0n) is 9.47. The molecule has 0 heterocycles. The van der Waals surface area contributed by atoms with Crippen LogP contribution in [0.25, 0.3) is 0 Å². The number of hydrogen-bond acceptors (Lipinski definition) is 3. The van der Waals surface area contributed by atoms with Crippen molar-refractivity contribution in [3.05, 3.63) is 28.8 Å². The van der Waals surface area contributed by atoms with Gasteiger partial charge in [-0.2, -0.15) is 0 Å². The van der Waals surface area contributed by atoms with Gasteiger partial charge in [0.15, 0.2) is 0 Å². The van der Waals surface area contributed by atoms with E-state index in [0.717, 1.165) is 12.8 Å². The lowest BCUT2D eigenvalue weighted by Crippen LogP contribution is -2.37. The molecule has 0 unspecified atom stereocenters. The zero-order valence-corrected chi connectivity index (χ0v) is 10.2. The number of nitrogens with zero attached hydrogens (tertiary/aromatic N) is 1. The lowest BCUT2D eigenvalue weighted by molar-refractivity contribution is -0.137. The van der Waals surface area contributed by atoms with Crippen molar-refractivity contribution in [3.63, 3.8) is 0 Å². The van der Waals surface area contributed by atoms with Crippen LogP contribution in [-0.4, -0.2) is 39.6 Å². The van der Waals surface area contributed by atoms with Crippen LogP contribution in [0.4, 0.5) is 0 Å². The monoisotopic (exact) mass is 269 g/mol. The van der Waals surface area contributed by atoms with Crippen LogP contribution in [0.2, 0.25) is 5.02 Å². The fraction of sp³-hybridized carbons (Fsp3) is 0.333. The highest BCUT2D eigenvalue weighted by atomic mass is 35.5. The maximum atomic E-state index is 12.1. The second-order valence-corrected chi connectivity index (χ2v) is 4.63. The van der Waals surface area contributed by atoms with Crippen molar-refractivity contribution < 1.29 is 19.8 Å². The minimum atomic E-state index is -1.04. The van der Waals surface area contributed by atoms with Crippen molar-refractivity contribution >= 4 is 23.5 Å². The van der Waals surface area contributed by atoms with Gasteiger partial charge >= 0.3 is 5.97 Å². The average Bonchev–Trinajstić information content (AvgIpc) is 3.12. The molecule has 1 aliphatic rings. The molecular weight excluding hydrogens is 258 g/mol. The number of halogens is 1. The van der Waals surface area contributed by atoms with Gasteiger partial charge in [0.05, 0.1) is 5.02 Å². The van der Waals surface area contributed by atoms with E-state index in [1.54, 1.807) is 0 Å². The fourth-order valence-corrected chi connectivity index (χ4v) is 1.88. The van der Waals surface area contributed by atoms with E-state index in [-0.39, 0.29) is 34.8 Å². The topological polar surface area (TPSA) is 77.8 Å². The van der Waals surface area contributed by atoms with E-state index < -0.39 is 5.97 Å². The van der Waals surface area contributed by atoms with E-state index in [1.807, 2.05) is 0 Å². The molecule has 2 rings (SSSR count). The molecule has 96 valence electrons. The average molecular weight is 270 g/mol. The Balaban J connectivity index is 2.21. The van der Waals surface area contributed by atoms with Gasteiger partial charge in [-0.15, -0.1) is 0 Å². The van der Waals surface area contributed by atoms with Crippen LogP contribution in [0.5, 0.6) is 5.75 Å². The summed E-state index contributed by atoms with van der Waals surface area (Å²) in [5.74, 6) is -1.52. The van der Waals surface area contributed by atoms with E-state index >= 15 is 0 Å². The number of carboxylic acid groups (broad SMARTS) is 1. The van der Waals surface area contributed by atoms with Gasteiger partial charge in [-0.3, -0.25) is 9.59 Å². The Morgan fingerprint density at radius 3 is 2.56 bits per heavy atom. The summed E-state index contributed by atoms with van der Waals surface area (Å²) in [7, 11) is 0. The molecule has 1 aromatic carbocycles. The van der Waals surface area contributed by atoms with Gasteiger partial charge in [0.1, 0.15) is 12.3 Å². The number of aromatic hydroxyl groups is 1. The van der Waals surface area contributed by atoms with E-state index in [1.165, 1.54) is 23.1 Å². The predicted octanol–water partition coefficient (Wildman–Crippen LogP) is 1.73. The number of phenolic OH excluding ortho intramolecular Hbond substituents is 1. The Kier molecular flexibility index (Phi) is 3.43. The SMILES string of the molecule is O=C(O)CN(C(=O)c1ccc(O)c(Cl)c1)C1CC1. The van der Waals surface area contributed by atoms with Gasteiger partial charge in [0.25, 0.3) is 5.91 Å². The minimum Gasteiger partial charge on any atom is -0.506 e. The molecule has 1 fully saturated rings. The third-order valence-corrected chi connectivity index (χ3v) is 3.05. The molecule has 18 heavy (non-hydrogen) atoms. The van der Waals surface area contributed by atoms with Crippen LogP contribution >= 0.6 is 11.6 Å². The van der Waals surface area contributed by atoms with E-state index in [2.05, 4.69) is 0 Å². The summed E-state index contributed by atoms with van der Waals surface area (Å²) >= 11 is 5.73. The minimum absolute atomic E-state index is 0.00109. The van der Waals surface area contributed by atoms with Crippen molar-refractivity contribution in [1.82, 2.24) is 4.90 Å². The van der Waals surface area contributed by atoms with Crippen LogP contribution in [0.1, 0.15) is 23.2 Å². The van der Waals surface area contributed by atoms with Gasteiger partial charge in [-0.05, 0) is 31.0 Å². The lowest BCUT2D eigenvalue weighted by atomic mass is 10.2. The molecule has 0 aromatic heterocycles. The summed E-state index contributed by atoms with van der Waals surface area (Å²) in [6.45, 7) is -0.317. The van der Waals surface area contributed by atoms with Crippen molar-refractivity contribution in [2.45, 2.75) is 18.9 Å². The number of carbonyl (C=O) groups is 2. The van der Waals surface area contributed by atoms with Gasteiger partial charge < -0.3 is 15.1 Å². The Hall–Kier alpha value is -1.75. The van der Waals surface area contributed by atoms with Crippen LogP contribution in [-0.2, 0) is 4.79 Å². The normalized spacial score (nSPS) is 14.3. The molecule has 1 amide bonds. The van der Waals surface area contributed by atoms with Gasteiger partial charge in [0, 0.05) is 11.6 Å². The Morgan fingerprint density at radius 1 is 1.39 bits per heavy atom. The number of aliphatic carboxylic acids is 1. The number of benzene rings is 1.